The average Bonchev–Trinajstić information content (AvgIpc) is 2.16. The number of carboxylic acids is 1. The summed E-state index contributed by atoms with van der Waals surface area (Å²) in [6.07, 6.45) is -0.484. The summed E-state index contributed by atoms with van der Waals surface area (Å²) in [6.45, 7) is 1.78. The first-order chi connectivity index (χ1) is 7.52. The third-order valence-electron chi connectivity index (χ3n) is 2.02. The monoisotopic (exact) mass is 227 g/mol. The number of carboxylic acid groups (broad SMARTS) is 1. The minimum absolute atomic E-state index is 0.207. The van der Waals surface area contributed by atoms with Crippen molar-refractivity contribution >= 4 is 5.97 Å². The summed E-state index contributed by atoms with van der Waals surface area (Å²) in [4.78, 5) is 10.6. The Hall–Kier alpha value is -1.62. The van der Waals surface area contributed by atoms with Crippen LogP contribution in [0.3, 0.4) is 0 Å². The number of carbonyl (C=O) groups is 1. The summed E-state index contributed by atoms with van der Waals surface area (Å²) in [5, 5.41) is 8.65. The highest BCUT2D eigenvalue weighted by Crippen LogP contribution is 2.18. The maximum absolute atomic E-state index is 13.1. The molecule has 0 bridgehead atoms. The van der Waals surface area contributed by atoms with E-state index in [4.69, 9.17) is 15.6 Å². The van der Waals surface area contributed by atoms with Gasteiger partial charge in [0.1, 0.15) is 11.6 Å². The second-order valence-electron chi connectivity index (χ2n) is 3.43. The third-order valence-corrected chi connectivity index (χ3v) is 2.02. The molecule has 4 nitrogen and oxygen atoms in total. The van der Waals surface area contributed by atoms with Crippen LogP contribution in [0, 0.1) is 5.82 Å². The highest BCUT2D eigenvalue weighted by Gasteiger charge is 2.13. The van der Waals surface area contributed by atoms with Crippen LogP contribution in [0.25, 0.3) is 0 Å². The van der Waals surface area contributed by atoms with Gasteiger partial charge in [-0.3, -0.25) is 0 Å². The van der Waals surface area contributed by atoms with Gasteiger partial charge in [-0.1, -0.05) is 0 Å². The minimum atomic E-state index is -1.09. The van der Waals surface area contributed by atoms with Crippen LogP contribution in [0.4, 0.5) is 4.39 Å². The number of hydrogen-bond acceptors (Lipinski definition) is 3. The molecule has 0 aliphatic carbocycles. The predicted molar refractivity (Wildman–Crippen MR) is 56.9 cm³/mol. The van der Waals surface area contributed by atoms with Gasteiger partial charge in [0.05, 0.1) is 0 Å². The fraction of sp³-hybridized carbons (Fsp3) is 0.364. The molecule has 0 fully saturated rings. The SMILES string of the molecule is CC(Oc1cc(F)cc(CCN)c1)C(=O)O. The lowest BCUT2D eigenvalue weighted by Crippen LogP contribution is -2.23. The Bertz CT molecular complexity index is 381. The molecule has 1 atom stereocenters. The zero-order chi connectivity index (χ0) is 12.1. The molecule has 0 spiro atoms. The van der Waals surface area contributed by atoms with Crippen molar-refractivity contribution in [1.29, 1.82) is 0 Å². The van der Waals surface area contributed by atoms with Gasteiger partial charge in [-0.25, -0.2) is 9.18 Å². The van der Waals surface area contributed by atoms with E-state index in [1.165, 1.54) is 13.0 Å². The Balaban J connectivity index is 2.83. The predicted octanol–water partition coefficient (Wildman–Crippen LogP) is 1.18. The van der Waals surface area contributed by atoms with Crippen molar-refractivity contribution in [3.63, 3.8) is 0 Å². The summed E-state index contributed by atoms with van der Waals surface area (Å²) < 4.78 is 18.2. The molecule has 0 saturated heterocycles. The number of ether oxygens (including phenoxy) is 1. The maximum atomic E-state index is 13.1. The van der Waals surface area contributed by atoms with Gasteiger partial charge in [0, 0.05) is 6.07 Å². The van der Waals surface area contributed by atoms with Gasteiger partial charge >= 0.3 is 5.97 Å². The normalized spacial score (nSPS) is 12.2. The molecule has 0 saturated carbocycles. The summed E-state index contributed by atoms with van der Waals surface area (Å²) in [7, 11) is 0. The lowest BCUT2D eigenvalue weighted by Gasteiger charge is -2.11. The molecule has 16 heavy (non-hydrogen) atoms. The van der Waals surface area contributed by atoms with Crippen molar-refractivity contribution in [1.82, 2.24) is 0 Å². The van der Waals surface area contributed by atoms with Gasteiger partial charge in [0.15, 0.2) is 6.10 Å². The Morgan fingerprint density at radius 3 is 2.81 bits per heavy atom. The van der Waals surface area contributed by atoms with E-state index in [-0.39, 0.29) is 5.75 Å². The van der Waals surface area contributed by atoms with Crippen molar-refractivity contribution in [2.75, 3.05) is 6.54 Å². The van der Waals surface area contributed by atoms with Gasteiger partial charge in [0.25, 0.3) is 0 Å². The molecular formula is C11H14FNO3. The zero-order valence-corrected chi connectivity index (χ0v) is 8.94. The smallest absolute Gasteiger partial charge is 0.344 e. The van der Waals surface area contributed by atoms with E-state index in [0.717, 1.165) is 6.07 Å². The van der Waals surface area contributed by atoms with Gasteiger partial charge in [-0.2, -0.15) is 0 Å². The number of aliphatic carboxylic acids is 1. The molecule has 5 heteroatoms. The largest absolute Gasteiger partial charge is 0.479 e. The molecule has 1 aromatic rings. The second-order valence-corrected chi connectivity index (χ2v) is 3.43. The van der Waals surface area contributed by atoms with Gasteiger partial charge in [0.2, 0.25) is 0 Å². The molecule has 0 aromatic heterocycles. The van der Waals surface area contributed by atoms with Gasteiger partial charge in [-0.15, -0.1) is 0 Å². The highest BCUT2D eigenvalue weighted by molar-refractivity contribution is 5.72. The van der Waals surface area contributed by atoms with Crippen LogP contribution in [0.5, 0.6) is 5.75 Å². The number of nitrogens with two attached hydrogens (primary N) is 1. The van der Waals surface area contributed by atoms with E-state index in [2.05, 4.69) is 0 Å². The number of halogens is 1. The van der Waals surface area contributed by atoms with Gasteiger partial charge < -0.3 is 15.6 Å². The van der Waals surface area contributed by atoms with Crippen LogP contribution in [-0.2, 0) is 11.2 Å². The number of rotatable bonds is 5. The lowest BCUT2D eigenvalue weighted by molar-refractivity contribution is -0.144. The molecule has 3 N–H and O–H groups in total. The van der Waals surface area contributed by atoms with E-state index < -0.39 is 17.9 Å². The first-order valence-corrected chi connectivity index (χ1v) is 4.92. The first-order valence-electron chi connectivity index (χ1n) is 4.92. The maximum Gasteiger partial charge on any atom is 0.344 e. The van der Waals surface area contributed by atoms with Crippen LogP contribution >= 0.6 is 0 Å². The van der Waals surface area contributed by atoms with E-state index in [1.54, 1.807) is 6.07 Å². The standard InChI is InChI=1S/C11H14FNO3/c1-7(11(14)15)16-10-5-8(2-3-13)4-9(12)6-10/h4-7H,2-3,13H2,1H3,(H,14,15). The van der Waals surface area contributed by atoms with Crippen LogP contribution < -0.4 is 10.5 Å². The number of benzene rings is 1. The molecule has 1 rings (SSSR count). The van der Waals surface area contributed by atoms with Crippen molar-refractivity contribution in [2.45, 2.75) is 19.4 Å². The molecule has 1 unspecified atom stereocenters. The van der Waals surface area contributed by atoms with Crippen molar-refractivity contribution in [3.05, 3.63) is 29.6 Å². The summed E-state index contributed by atoms with van der Waals surface area (Å²) in [5.41, 5.74) is 6.04. The number of hydrogen-bond donors (Lipinski definition) is 2. The third kappa shape index (κ3) is 3.51. The van der Waals surface area contributed by atoms with E-state index in [1.807, 2.05) is 0 Å². The lowest BCUT2D eigenvalue weighted by atomic mass is 10.1. The Morgan fingerprint density at radius 2 is 2.25 bits per heavy atom. The Kier molecular flexibility index (Phi) is 4.25. The summed E-state index contributed by atoms with van der Waals surface area (Å²) in [5.74, 6) is -1.35. The van der Waals surface area contributed by atoms with Crippen LogP contribution in [0.15, 0.2) is 18.2 Å². The van der Waals surface area contributed by atoms with Crippen molar-refractivity contribution in [2.24, 2.45) is 5.73 Å². The zero-order valence-electron chi connectivity index (χ0n) is 8.94. The molecule has 88 valence electrons. The topological polar surface area (TPSA) is 72.5 Å². The quantitative estimate of drug-likeness (QED) is 0.792. The van der Waals surface area contributed by atoms with E-state index in [0.29, 0.717) is 18.5 Å². The highest BCUT2D eigenvalue weighted by atomic mass is 19.1. The van der Waals surface area contributed by atoms with Crippen LogP contribution in [-0.4, -0.2) is 23.7 Å². The molecule has 0 radical (unpaired) electrons. The van der Waals surface area contributed by atoms with Gasteiger partial charge in [-0.05, 0) is 37.6 Å². The average molecular weight is 227 g/mol. The van der Waals surface area contributed by atoms with Crippen molar-refractivity contribution < 1.29 is 19.0 Å². The molecule has 0 amide bonds. The molecule has 0 aliphatic rings. The summed E-state index contributed by atoms with van der Waals surface area (Å²) in [6, 6.07) is 4.10. The Morgan fingerprint density at radius 1 is 1.56 bits per heavy atom. The molecular weight excluding hydrogens is 213 g/mol. The molecule has 0 aliphatic heterocycles. The summed E-state index contributed by atoms with van der Waals surface area (Å²) >= 11 is 0. The van der Waals surface area contributed by atoms with Crippen LogP contribution in [0.1, 0.15) is 12.5 Å². The fourth-order valence-corrected chi connectivity index (χ4v) is 1.25. The Labute approximate surface area is 92.8 Å². The second kappa shape index (κ2) is 5.46. The van der Waals surface area contributed by atoms with E-state index >= 15 is 0 Å². The molecule has 1 aromatic carbocycles. The van der Waals surface area contributed by atoms with E-state index in [9.17, 15) is 9.18 Å². The molecule has 0 heterocycles. The van der Waals surface area contributed by atoms with Crippen LogP contribution in [0.2, 0.25) is 0 Å². The minimum Gasteiger partial charge on any atom is -0.479 e. The fourth-order valence-electron chi connectivity index (χ4n) is 1.25. The first kappa shape index (κ1) is 12.4. The van der Waals surface area contributed by atoms with Crippen molar-refractivity contribution in [3.8, 4) is 5.75 Å².